The third-order valence-corrected chi connectivity index (χ3v) is 3.50. The maximum atomic E-state index is 10.8. The van der Waals surface area contributed by atoms with Gasteiger partial charge >= 0.3 is 7.60 Å². The number of nitrogens with zero attached hydrogens (tertiary/aromatic N) is 5. The van der Waals surface area contributed by atoms with Gasteiger partial charge in [-0.3, -0.25) is 4.57 Å². The van der Waals surface area contributed by atoms with Crippen molar-refractivity contribution in [1.29, 1.82) is 0 Å². The summed E-state index contributed by atoms with van der Waals surface area (Å²) in [5.74, 6) is 0.137. The third kappa shape index (κ3) is 2.92. The van der Waals surface area contributed by atoms with Gasteiger partial charge in [0.25, 0.3) is 0 Å². The van der Waals surface area contributed by atoms with Crippen molar-refractivity contribution in [3.8, 4) is 0 Å². The number of nitrogens with two attached hydrogens (primary N) is 1. The summed E-state index contributed by atoms with van der Waals surface area (Å²) >= 11 is 0. The van der Waals surface area contributed by atoms with Crippen molar-refractivity contribution in [3.05, 3.63) is 6.33 Å². The molecule has 1 aliphatic rings. The Bertz CT molecular complexity index is 732. The fourth-order valence-electron chi connectivity index (χ4n) is 2.08. The smallest absolute Gasteiger partial charge is 0.351 e. The Morgan fingerprint density at radius 2 is 2.27 bits per heavy atom. The molecule has 2 aromatic rings. The van der Waals surface area contributed by atoms with Gasteiger partial charge in [-0.05, 0) is 0 Å². The molecule has 0 spiro atoms. The lowest BCUT2D eigenvalue weighted by Crippen LogP contribution is -2.21. The van der Waals surface area contributed by atoms with Crippen molar-refractivity contribution >= 4 is 24.6 Å². The Hall–Kier alpha value is -1.69. The monoisotopic (exact) mass is 332 g/mol. The predicted molar refractivity (Wildman–Crippen MR) is 70.1 cm³/mol. The Morgan fingerprint density at radius 1 is 1.50 bits per heavy atom. The number of fused-ring (bicyclic) bond motifs is 1. The second-order valence-electron chi connectivity index (χ2n) is 4.68. The lowest BCUT2D eigenvalue weighted by Gasteiger charge is -2.15. The summed E-state index contributed by atoms with van der Waals surface area (Å²) in [6.45, 7) is 0. The number of hydrogen-bond acceptors (Lipinski definition) is 9. The Labute approximate surface area is 123 Å². The first-order valence-electron chi connectivity index (χ1n) is 6.16. The van der Waals surface area contributed by atoms with E-state index in [2.05, 4.69) is 20.3 Å². The minimum Gasteiger partial charge on any atom is -0.388 e. The minimum absolute atomic E-state index is 0.0204. The van der Waals surface area contributed by atoms with Crippen LogP contribution in [0.15, 0.2) is 6.33 Å². The van der Waals surface area contributed by atoms with Gasteiger partial charge in [-0.2, -0.15) is 4.68 Å². The Balaban J connectivity index is 1.80. The first-order chi connectivity index (χ1) is 10.3. The number of hydrogen-bond donors (Lipinski definition) is 4. The van der Waals surface area contributed by atoms with Crippen molar-refractivity contribution in [2.24, 2.45) is 0 Å². The lowest BCUT2D eigenvalue weighted by molar-refractivity contribution is -0.148. The van der Waals surface area contributed by atoms with Gasteiger partial charge in [0.15, 0.2) is 35.8 Å². The summed E-state index contributed by atoms with van der Waals surface area (Å²) in [7, 11) is -4.32. The summed E-state index contributed by atoms with van der Waals surface area (Å²) in [5, 5.41) is 17.7. The molecule has 2 aromatic heterocycles. The van der Waals surface area contributed by atoms with Gasteiger partial charge in [-0.1, -0.05) is 5.21 Å². The van der Waals surface area contributed by atoms with Gasteiger partial charge in [0.2, 0.25) is 0 Å². The molecule has 3 heterocycles. The van der Waals surface area contributed by atoms with Crippen LogP contribution in [-0.2, 0) is 14.0 Å². The molecule has 0 aliphatic carbocycles. The van der Waals surface area contributed by atoms with Crippen molar-refractivity contribution < 1.29 is 28.9 Å². The molecule has 0 bridgehead atoms. The number of anilines is 1. The molecule has 12 nitrogen and oxygen atoms in total. The molecule has 0 radical (unpaired) electrons. The molecule has 0 amide bonds. The fourth-order valence-corrected chi connectivity index (χ4v) is 2.44. The fraction of sp³-hybridized carbons (Fsp3) is 0.556. The van der Waals surface area contributed by atoms with Crippen LogP contribution in [0.25, 0.3) is 11.2 Å². The van der Waals surface area contributed by atoms with Crippen LogP contribution in [0.5, 0.6) is 0 Å². The molecule has 3 atom stereocenters. The van der Waals surface area contributed by atoms with E-state index < -0.39 is 32.6 Å². The number of rotatable bonds is 4. The van der Waals surface area contributed by atoms with Gasteiger partial charge in [-0.15, -0.1) is 5.10 Å². The average molecular weight is 332 g/mol. The molecule has 120 valence electrons. The molecule has 1 fully saturated rings. The lowest BCUT2D eigenvalue weighted by atomic mass is 10.2. The zero-order valence-corrected chi connectivity index (χ0v) is 11.9. The highest BCUT2D eigenvalue weighted by Gasteiger charge is 2.38. The maximum absolute atomic E-state index is 10.8. The molecular weight excluding hydrogens is 319 g/mol. The molecule has 0 aromatic carbocycles. The third-order valence-electron chi connectivity index (χ3n) is 3.01. The van der Waals surface area contributed by atoms with Crippen molar-refractivity contribution in [3.63, 3.8) is 0 Å². The first kappa shape index (κ1) is 15.2. The molecule has 22 heavy (non-hydrogen) atoms. The zero-order valence-electron chi connectivity index (χ0n) is 11.1. The summed E-state index contributed by atoms with van der Waals surface area (Å²) in [6, 6.07) is 0. The van der Waals surface area contributed by atoms with Crippen LogP contribution in [0.1, 0.15) is 12.6 Å². The summed E-state index contributed by atoms with van der Waals surface area (Å²) in [4.78, 5) is 25.3. The van der Waals surface area contributed by atoms with Gasteiger partial charge in [0, 0.05) is 6.42 Å². The zero-order chi connectivity index (χ0) is 15.9. The van der Waals surface area contributed by atoms with Crippen molar-refractivity contribution in [1.82, 2.24) is 25.0 Å². The highest BCUT2D eigenvalue weighted by Crippen LogP contribution is 2.37. The number of aliphatic hydroxyl groups excluding tert-OH is 1. The molecule has 5 N–H and O–H groups in total. The van der Waals surface area contributed by atoms with Crippen LogP contribution in [0.4, 0.5) is 5.82 Å². The maximum Gasteiger partial charge on any atom is 0.351 e. The van der Waals surface area contributed by atoms with Gasteiger partial charge in [0.1, 0.15) is 12.4 Å². The molecule has 0 unspecified atom stereocenters. The molecule has 3 rings (SSSR count). The number of aromatic nitrogens is 5. The second kappa shape index (κ2) is 5.50. The normalized spacial score (nSPS) is 25.9. The van der Waals surface area contributed by atoms with E-state index in [1.54, 1.807) is 0 Å². The Morgan fingerprint density at radius 3 is 3.00 bits per heavy atom. The highest BCUT2D eigenvalue weighted by atomic mass is 31.2. The number of aliphatic hydroxyl groups is 1. The Kier molecular flexibility index (Phi) is 3.80. The highest BCUT2D eigenvalue weighted by molar-refractivity contribution is 7.51. The molecule has 13 heteroatoms. The van der Waals surface area contributed by atoms with Crippen LogP contribution in [0, 0.1) is 0 Å². The van der Waals surface area contributed by atoms with Crippen LogP contribution >= 0.6 is 7.60 Å². The topological polar surface area (TPSA) is 179 Å². The number of nitrogen functional groups attached to an aromatic ring is 1. The van der Waals surface area contributed by atoms with Crippen molar-refractivity contribution in [2.45, 2.75) is 25.0 Å². The quantitative estimate of drug-likeness (QED) is 0.482. The first-order valence-corrected chi connectivity index (χ1v) is 7.96. The molecule has 1 saturated heterocycles. The SMILES string of the molecule is Nc1ncnc2c1nnn2[C@@H]1O[C@H](OCP(=O)(O)O)C[C@H]1O. The van der Waals surface area contributed by atoms with Gasteiger partial charge in [0.05, 0.1) is 0 Å². The van der Waals surface area contributed by atoms with E-state index in [0.717, 1.165) is 0 Å². The average Bonchev–Trinajstić information content (AvgIpc) is 3.00. The van der Waals surface area contributed by atoms with E-state index >= 15 is 0 Å². The van der Waals surface area contributed by atoms with E-state index in [0.29, 0.717) is 0 Å². The van der Waals surface area contributed by atoms with Crippen molar-refractivity contribution in [2.75, 3.05) is 12.1 Å². The van der Waals surface area contributed by atoms with Crippen LogP contribution < -0.4 is 5.73 Å². The van der Waals surface area contributed by atoms with Gasteiger partial charge in [-0.25, -0.2) is 9.97 Å². The summed E-state index contributed by atoms with van der Waals surface area (Å²) in [5.41, 5.74) is 6.18. The van der Waals surface area contributed by atoms with E-state index in [4.69, 9.17) is 25.0 Å². The van der Waals surface area contributed by atoms with Crippen LogP contribution in [-0.4, -0.2) is 58.6 Å². The van der Waals surface area contributed by atoms with E-state index in [1.807, 2.05) is 0 Å². The molecule has 0 saturated carbocycles. The summed E-state index contributed by atoms with van der Waals surface area (Å²) in [6.07, 6.45) is -2.51. The predicted octanol–water partition coefficient (Wildman–Crippen LogP) is -1.44. The molecule has 1 aliphatic heterocycles. The summed E-state index contributed by atoms with van der Waals surface area (Å²) < 4.78 is 22.3. The molecular formula is C9H13N6O6P. The van der Waals surface area contributed by atoms with Gasteiger partial charge < -0.3 is 30.1 Å². The number of ether oxygens (including phenoxy) is 2. The van der Waals surface area contributed by atoms with Crippen LogP contribution in [0.2, 0.25) is 0 Å². The minimum atomic E-state index is -4.32. The second-order valence-corrected chi connectivity index (χ2v) is 6.27. The van der Waals surface area contributed by atoms with E-state index in [-0.39, 0.29) is 23.4 Å². The van der Waals surface area contributed by atoms with Crippen LogP contribution in [0.3, 0.4) is 0 Å². The van der Waals surface area contributed by atoms with E-state index in [1.165, 1.54) is 11.0 Å². The standard InChI is InChI=1S/C9H13N6O6P/c10-7-6-8(12-2-11-7)15(14-13-6)9-4(16)1-5(21-9)20-3-22(17,18)19/h2,4-5,9,16H,1,3H2,(H2,10,11,12)(H2,17,18,19)/t4-,5+,9-/m1/s1. The van der Waals surface area contributed by atoms with E-state index in [9.17, 15) is 9.67 Å². The largest absolute Gasteiger partial charge is 0.388 e.